The van der Waals surface area contributed by atoms with Crippen molar-refractivity contribution in [1.82, 2.24) is 0 Å². The highest BCUT2D eigenvalue weighted by Crippen LogP contribution is 2.32. The van der Waals surface area contributed by atoms with E-state index in [2.05, 4.69) is 0 Å². The van der Waals surface area contributed by atoms with Gasteiger partial charge in [0, 0.05) is 24.6 Å². The molecular formula is C16H20O6. The lowest BCUT2D eigenvalue weighted by Gasteiger charge is -2.29. The summed E-state index contributed by atoms with van der Waals surface area (Å²) in [7, 11) is 3.04. The van der Waals surface area contributed by atoms with Gasteiger partial charge in [0.05, 0.1) is 12.7 Å². The Balaban J connectivity index is 2.28. The Morgan fingerprint density at radius 3 is 2.59 bits per heavy atom. The summed E-state index contributed by atoms with van der Waals surface area (Å²) in [6.45, 7) is 3.54. The molecule has 1 atom stereocenters. The highest BCUT2D eigenvalue weighted by atomic mass is 16.5. The first kappa shape index (κ1) is 16.3. The lowest BCUT2D eigenvalue weighted by molar-refractivity contribution is -0.0916. The van der Waals surface area contributed by atoms with Gasteiger partial charge in [-0.2, -0.15) is 0 Å². The van der Waals surface area contributed by atoms with Crippen molar-refractivity contribution in [2.75, 3.05) is 20.8 Å². The summed E-state index contributed by atoms with van der Waals surface area (Å²) >= 11 is 0. The topological polar surface area (TPSA) is 78.1 Å². The van der Waals surface area contributed by atoms with Gasteiger partial charge in [0.2, 0.25) is 0 Å². The Labute approximate surface area is 128 Å². The van der Waals surface area contributed by atoms with Gasteiger partial charge in [0.1, 0.15) is 18.3 Å². The van der Waals surface area contributed by atoms with E-state index in [0.717, 1.165) is 5.39 Å². The third kappa shape index (κ3) is 3.40. The second kappa shape index (κ2) is 6.37. The molecule has 0 unspecified atom stereocenters. The SMILES string of the molecule is COc1cc2ccc(=O)oc2cc1OC[C@@H](O)C(C)(C)OC. The van der Waals surface area contributed by atoms with Gasteiger partial charge in [-0.05, 0) is 26.0 Å². The van der Waals surface area contributed by atoms with E-state index in [0.29, 0.717) is 17.1 Å². The number of rotatable bonds is 6. The summed E-state index contributed by atoms with van der Waals surface area (Å²) in [4.78, 5) is 11.3. The zero-order valence-corrected chi connectivity index (χ0v) is 13.1. The molecule has 1 aromatic heterocycles. The van der Waals surface area contributed by atoms with Gasteiger partial charge < -0.3 is 23.7 Å². The van der Waals surface area contributed by atoms with Crippen LogP contribution in [0.15, 0.2) is 33.5 Å². The molecule has 1 aromatic carbocycles. The molecular weight excluding hydrogens is 288 g/mol. The smallest absolute Gasteiger partial charge is 0.336 e. The van der Waals surface area contributed by atoms with Crippen LogP contribution in [-0.4, -0.2) is 37.6 Å². The average Bonchev–Trinajstić information content (AvgIpc) is 2.51. The standard InChI is InChI=1S/C16H20O6/c1-16(2,20-4)14(17)9-21-13-8-11-10(7-12(13)19-3)5-6-15(18)22-11/h5-8,14,17H,9H2,1-4H3/t14-/m1/s1. The number of benzene rings is 1. The number of ether oxygens (including phenoxy) is 3. The van der Waals surface area contributed by atoms with E-state index in [1.807, 2.05) is 0 Å². The fourth-order valence-electron chi connectivity index (χ4n) is 1.85. The quantitative estimate of drug-likeness (QED) is 0.822. The predicted octanol–water partition coefficient (Wildman–Crippen LogP) is 1.97. The average molecular weight is 308 g/mol. The van der Waals surface area contributed by atoms with E-state index in [4.69, 9.17) is 18.6 Å². The van der Waals surface area contributed by atoms with Crippen LogP contribution in [0.2, 0.25) is 0 Å². The first-order valence-electron chi connectivity index (χ1n) is 6.85. The van der Waals surface area contributed by atoms with Crippen molar-refractivity contribution < 1.29 is 23.7 Å². The van der Waals surface area contributed by atoms with Gasteiger partial charge >= 0.3 is 5.63 Å². The molecule has 1 heterocycles. The first-order valence-corrected chi connectivity index (χ1v) is 6.85. The van der Waals surface area contributed by atoms with Crippen molar-refractivity contribution in [1.29, 1.82) is 0 Å². The molecule has 0 aliphatic carbocycles. The number of methoxy groups -OCH3 is 2. The maximum absolute atomic E-state index is 11.3. The molecule has 1 N–H and O–H groups in total. The number of aliphatic hydroxyl groups is 1. The van der Waals surface area contributed by atoms with Crippen LogP contribution in [0.4, 0.5) is 0 Å². The molecule has 22 heavy (non-hydrogen) atoms. The van der Waals surface area contributed by atoms with Crippen molar-refractivity contribution in [3.63, 3.8) is 0 Å². The van der Waals surface area contributed by atoms with Crippen LogP contribution in [0.25, 0.3) is 11.0 Å². The van der Waals surface area contributed by atoms with Crippen LogP contribution < -0.4 is 15.1 Å². The second-order valence-corrected chi connectivity index (χ2v) is 5.43. The summed E-state index contributed by atoms with van der Waals surface area (Å²) in [6, 6.07) is 6.27. The van der Waals surface area contributed by atoms with Gasteiger partial charge in [0.15, 0.2) is 11.5 Å². The van der Waals surface area contributed by atoms with Crippen molar-refractivity contribution in [2.45, 2.75) is 25.6 Å². The number of aliphatic hydroxyl groups excluding tert-OH is 1. The Morgan fingerprint density at radius 2 is 1.95 bits per heavy atom. The number of fused-ring (bicyclic) bond motifs is 1. The van der Waals surface area contributed by atoms with Crippen LogP contribution in [0.5, 0.6) is 11.5 Å². The van der Waals surface area contributed by atoms with E-state index in [-0.39, 0.29) is 6.61 Å². The van der Waals surface area contributed by atoms with Gasteiger partial charge in [-0.3, -0.25) is 0 Å². The highest BCUT2D eigenvalue weighted by molar-refractivity contribution is 5.80. The summed E-state index contributed by atoms with van der Waals surface area (Å²) in [5.74, 6) is 0.874. The third-order valence-corrected chi connectivity index (χ3v) is 3.63. The molecule has 0 saturated heterocycles. The molecule has 0 bridgehead atoms. The van der Waals surface area contributed by atoms with Crippen molar-refractivity contribution in [2.24, 2.45) is 0 Å². The molecule has 2 rings (SSSR count). The largest absolute Gasteiger partial charge is 0.493 e. The Kier molecular flexibility index (Phi) is 4.73. The van der Waals surface area contributed by atoms with Crippen molar-refractivity contribution in [3.8, 4) is 11.5 Å². The van der Waals surface area contributed by atoms with Gasteiger partial charge in [0.25, 0.3) is 0 Å². The molecule has 0 saturated carbocycles. The molecule has 0 amide bonds. The predicted molar refractivity (Wildman–Crippen MR) is 81.6 cm³/mol. The summed E-state index contributed by atoms with van der Waals surface area (Å²) in [5, 5.41) is 10.8. The van der Waals surface area contributed by atoms with Gasteiger partial charge in [-0.25, -0.2) is 4.79 Å². The molecule has 0 aliphatic heterocycles. The van der Waals surface area contributed by atoms with Crippen LogP contribution in [0.3, 0.4) is 0 Å². The van der Waals surface area contributed by atoms with Crippen LogP contribution >= 0.6 is 0 Å². The van der Waals surface area contributed by atoms with E-state index >= 15 is 0 Å². The number of hydrogen-bond acceptors (Lipinski definition) is 6. The van der Waals surface area contributed by atoms with Crippen LogP contribution in [0.1, 0.15) is 13.8 Å². The maximum atomic E-state index is 11.3. The maximum Gasteiger partial charge on any atom is 0.336 e. The number of hydrogen-bond donors (Lipinski definition) is 1. The molecule has 6 heteroatoms. The van der Waals surface area contributed by atoms with Gasteiger partial charge in [-0.1, -0.05) is 0 Å². The zero-order chi connectivity index (χ0) is 16.3. The summed E-state index contributed by atoms with van der Waals surface area (Å²) in [6.07, 6.45) is -0.833. The minimum Gasteiger partial charge on any atom is -0.493 e. The summed E-state index contributed by atoms with van der Waals surface area (Å²) in [5.41, 5.74) is -0.788. The highest BCUT2D eigenvalue weighted by Gasteiger charge is 2.28. The first-order chi connectivity index (χ1) is 10.4. The van der Waals surface area contributed by atoms with Gasteiger partial charge in [-0.15, -0.1) is 0 Å². The fourth-order valence-corrected chi connectivity index (χ4v) is 1.85. The lowest BCUT2D eigenvalue weighted by atomic mass is 10.0. The minimum atomic E-state index is -0.833. The molecule has 6 nitrogen and oxygen atoms in total. The fraction of sp³-hybridized carbons (Fsp3) is 0.438. The monoisotopic (exact) mass is 308 g/mol. The second-order valence-electron chi connectivity index (χ2n) is 5.43. The van der Waals surface area contributed by atoms with Crippen LogP contribution in [-0.2, 0) is 4.74 Å². The minimum absolute atomic E-state index is 0.0137. The molecule has 2 aromatic rings. The van der Waals surface area contributed by atoms with Crippen LogP contribution in [0, 0.1) is 0 Å². The van der Waals surface area contributed by atoms with E-state index in [1.54, 1.807) is 32.0 Å². The van der Waals surface area contributed by atoms with E-state index < -0.39 is 17.3 Å². The molecule has 0 aliphatic rings. The van der Waals surface area contributed by atoms with E-state index in [9.17, 15) is 9.90 Å². The molecule has 0 spiro atoms. The Bertz CT molecular complexity index is 703. The Hall–Kier alpha value is -2.05. The third-order valence-electron chi connectivity index (χ3n) is 3.63. The lowest BCUT2D eigenvalue weighted by Crippen LogP contribution is -2.42. The molecule has 0 radical (unpaired) electrons. The zero-order valence-electron chi connectivity index (χ0n) is 13.1. The normalized spacial score (nSPS) is 13.1. The molecule has 0 fully saturated rings. The Morgan fingerprint density at radius 1 is 1.23 bits per heavy atom. The van der Waals surface area contributed by atoms with Crippen molar-refractivity contribution in [3.05, 3.63) is 34.7 Å². The van der Waals surface area contributed by atoms with E-state index in [1.165, 1.54) is 20.3 Å². The van der Waals surface area contributed by atoms with Crippen molar-refractivity contribution >= 4 is 11.0 Å². The summed E-state index contributed by atoms with van der Waals surface area (Å²) < 4.78 is 21.2. The molecule has 120 valence electrons.